The lowest BCUT2D eigenvalue weighted by atomic mass is 10.1. The number of rotatable bonds is 5. The van der Waals surface area contributed by atoms with Crippen LogP contribution in [0.15, 0.2) is 48.5 Å². The number of nitro groups is 1. The highest BCUT2D eigenvalue weighted by molar-refractivity contribution is 7.09. The molecule has 1 unspecified atom stereocenters. The molecule has 9 heteroatoms. The number of hydrogen-bond acceptors (Lipinski definition) is 7. The Balaban J connectivity index is 1.41. The van der Waals surface area contributed by atoms with E-state index in [2.05, 4.69) is 40.5 Å². The number of aromatic nitrogens is 2. The summed E-state index contributed by atoms with van der Waals surface area (Å²) in [5.74, 6) is 0.611. The summed E-state index contributed by atoms with van der Waals surface area (Å²) in [5.41, 5.74) is 2.66. The first-order valence-electron chi connectivity index (χ1n) is 10.1. The number of carbonyl (C=O) groups is 1. The average Bonchev–Trinajstić information content (AvgIpc) is 3.23. The van der Waals surface area contributed by atoms with Crippen LogP contribution in [0.2, 0.25) is 0 Å². The SMILES string of the molecule is Cc1ccc(Cc2nsc(N3CCN(C(=O)c4cccc([N+](=O)[O-])c4)C(C)C3)n2)cc1. The van der Waals surface area contributed by atoms with Gasteiger partial charge in [0.15, 0.2) is 0 Å². The van der Waals surface area contributed by atoms with E-state index in [1.54, 1.807) is 17.0 Å². The number of nitrogens with zero attached hydrogens (tertiary/aromatic N) is 5. The monoisotopic (exact) mass is 437 g/mol. The summed E-state index contributed by atoms with van der Waals surface area (Å²) in [6.45, 7) is 5.85. The number of carbonyl (C=O) groups excluding carboxylic acids is 1. The van der Waals surface area contributed by atoms with E-state index in [0.29, 0.717) is 31.6 Å². The molecule has 0 bridgehead atoms. The van der Waals surface area contributed by atoms with E-state index in [9.17, 15) is 14.9 Å². The van der Waals surface area contributed by atoms with Crippen molar-refractivity contribution < 1.29 is 9.72 Å². The molecule has 1 aliphatic rings. The standard InChI is InChI=1S/C22H23N5O3S/c1-15-6-8-17(9-7-15)12-20-23-22(31-24-20)25-10-11-26(16(2)14-25)21(28)18-4-3-5-19(13-18)27(29)30/h3-9,13,16H,10-12,14H2,1-2H3. The molecule has 31 heavy (non-hydrogen) atoms. The number of aryl methyl sites for hydroxylation is 1. The zero-order chi connectivity index (χ0) is 22.0. The van der Waals surface area contributed by atoms with Gasteiger partial charge >= 0.3 is 0 Å². The van der Waals surface area contributed by atoms with Crippen molar-refractivity contribution in [3.8, 4) is 0 Å². The molecule has 0 radical (unpaired) electrons. The van der Waals surface area contributed by atoms with Gasteiger partial charge in [-0.2, -0.15) is 4.37 Å². The van der Waals surface area contributed by atoms with E-state index in [1.807, 2.05) is 6.92 Å². The summed E-state index contributed by atoms with van der Waals surface area (Å²) in [7, 11) is 0. The number of nitro benzene ring substituents is 1. The number of amides is 1. The molecule has 8 nitrogen and oxygen atoms in total. The minimum Gasteiger partial charge on any atom is -0.343 e. The molecular weight excluding hydrogens is 414 g/mol. The number of non-ortho nitro benzene ring substituents is 1. The summed E-state index contributed by atoms with van der Waals surface area (Å²) in [5, 5.41) is 11.9. The van der Waals surface area contributed by atoms with Gasteiger partial charge in [0.25, 0.3) is 11.6 Å². The fraction of sp³-hybridized carbons (Fsp3) is 0.318. The molecule has 0 aliphatic carbocycles. The van der Waals surface area contributed by atoms with Crippen LogP contribution in [-0.4, -0.2) is 50.8 Å². The minimum atomic E-state index is -0.484. The van der Waals surface area contributed by atoms with Gasteiger partial charge in [-0.05, 0) is 25.5 Å². The van der Waals surface area contributed by atoms with E-state index in [4.69, 9.17) is 4.98 Å². The van der Waals surface area contributed by atoms with Crippen molar-refractivity contribution in [1.82, 2.24) is 14.3 Å². The Bertz CT molecular complexity index is 1100. The van der Waals surface area contributed by atoms with Crippen LogP contribution in [-0.2, 0) is 6.42 Å². The Kier molecular flexibility index (Phi) is 5.94. The van der Waals surface area contributed by atoms with E-state index < -0.39 is 4.92 Å². The quantitative estimate of drug-likeness (QED) is 0.446. The van der Waals surface area contributed by atoms with Crippen molar-refractivity contribution in [3.63, 3.8) is 0 Å². The molecule has 1 aromatic heterocycles. The second-order valence-corrected chi connectivity index (χ2v) is 8.49. The molecule has 1 saturated heterocycles. The van der Waals surface area contributed by atoms with Crippen molar-refractivity contribution in [3.05, 3.63) is 81.2 Å². The van der Waals surface area contributed by atoms with E-state index in [-0.39, 0.29) is 17.6 Å². The maximum Gasteiger partial charge on any atom is 0.270 e. The Labute approximate surface area is 184 Å². The van der Waals surface area contributed by atoms with Gasteiger partial charge in [0.2, 0.25) is 5.13 Å². The van der Waals surface area contributed by atoms with Gasteiger partial charge in [-0.3, -0.25) is 14.9 Å². The smallest absolute Gasteiger partial charge is 0.270 e. The van der Waals surface area contributed by atoms with Gasteiger partial charge in [0.05, 0.1) is 4.92 Å². The number of hydrogen-bond donors (Lipinski definition) is 0. The lowest BCUT2D eigenvalue weighted by molar-refractivity contribution is -0.384. The molecule has 4 rings (SSSR count). The predicted molar refractivity (Wildman–Crippen MR) is 120 cm³/mol. The predicted octanol–water partition coefficient (Wildman–Crippen LogP) is 3.70. The molecule has 1 fully saturated rings. The summed E-state index contributed by atoms with van der Waals surface area (Å²) in [6, 6.07) is 14.2. The third kappa shape index (κ3) is 4.72. The van der Waals surface area contributed by atoms with E-state index >= 15 is 0 Å². The maximum absolute atomic E-state index is 12.9. The topological polar surface area (TPSA) is 92.5 Å². The highest BCUT2D eigenvalue weighted by atomic mass is 32.1. The van der Waals surface area contributed by atoms with Crippen LogP contribution in [0.5, 0.6) is 0 Å². The van der Waals surface area contributed by atoms with Gasteiger partial charge in [0, 0.05) is 61.3 Å². The highest BCUT2D eigenvalue weighted by Gasteiger charge is 2.30. The van der Waals surface area contributed by atoms with Crippen LogP contribution >= 0.6 is 11.5 Å². The molecule has 1 amide bonds. The fourth-order valence-electron chi connectivity index (χ4n) is 3.68. The molecule has 3 aromatic rings. The maximum atomic E-state index is 12.9. The van der Waals surface area contributed by atoms with Gasteiger partial charge in [-0.25, -0.2) is 4.98 Å². The van der Waals surface area contributed by atoms with Gasteiger partial charge in [0.1, 0.15) is 5.82 Å². The van der Waals surface area contributed by atoms with Gasteiger partial charge < -0.3 is 9.80 Å². The summed E-state index contributed by atoms with van der Waals surface area (Å²) >= 11 is 1.38. The number of benzene rings is 2. The second kappa shape index (κ2) is 8.81. The molecule has 2 aromatic carbocycles. The molecule has 0 saturated carbocycles. The van der Waals surface area contributed by atoms with Crippen LogP contribution in [0.25, 0.3) is 0 Å². The summed E-state index contributed by atoms with van der Waals surface area (Å²) in [4.78, 5) is 32.1. The molecule has 1 aliphatic heterocycles. The molecule has 160 valence electrons. The molecule has 0 N–H and O–H groups in total. The zero-order valence-corrected chi connectivity index (χ0v) is 18.2. The molecular formula is C22H23N5O3S. The van der Waals surface area contributed by atoms with Crippen molar-refractivity contribution >= 4 is 28.3 Å². The largest absolute Gasteiger partial charge is 0.343 e. The van der Waals surface area contributed by atoms with Gasteiger partial charge in [-0.1, -0.05) is 35.9 Å². The third-order valence-electron chi connectivity index (χ3n) is 5.40. The van der Waals surface area contributed by atoms with E-state index in [0.717, 1.165) is 11.0 Å². The van der Waals surface area contributed by atoms with Crippen LogP contribution < -0.4 is 4.90 Å². The minimum absolute atomic E-state index is 0.0510. The Morgan fingerprint density at radius 2 is 2.00 bits per heavy atom. The van der Waals surface area contributed by atoms with Crippen LogP contribution in [0, 0.1) is 17.0 Å². The third-order valence-corrected chi connectivity index (χ3v) is 6.22. The number of piperazine rings is 1. The van der Waals surface area contributed by atoms with Gasteiger partial charge in [-0.15, -0.1) is 0 Å². The Morgan fingerprint density at radius 1 is 1.23 bits per heavy atom. The number of anilines is 1. The van der Waals surface area contributed by atoms with Crippen molar-refractivity contribution in [1.29, 1.82) is 0 Å². The van der Waals surface area contributed by atoms with Crippen molar-refractivity contribution in [2.75, 3.05) is 24.5 Å². The van der Waals surface area contributed by atoms with Crippen LogP contribution in [0.3, 0.4) is 0 Å². The molecule has 1 atom stereocenters. The lowest BCUT2D eigenvalue weighted by Gasteiger charge is -2.39. The Morgan fingerprint density at radius 3 is 2.71 bits per heavy atom. The molecule has 2 heterocycles. The first-order chi connectivity index (χ1) is 14.9. The van der Waals surface area contributed by atoms with E-state index in [1.165, 1.54) is 34.8 Å². The van der Waals surface area contributed by atoms with Crippen molar-refractivity contribution in [2.45, 2.75) is 26.3 Å². The zero-order valence-electron chi connectivity index (χ0n) is 17.4. The van der Waals surface area contributed by atoms with Crippen molar-refractivity contribution in [2.24, 2.45) is 0 Å². The fourth-order valence-corrected chi connectivity index (χ4v) is 4.40. The summed E-state index contributed by atoms with van der Waals surface area (Å²) in [6.07, 6.45) is 0.692. The summed E-state index contributed by atoms with van der Waals surface area (Å²) < 4.78 is 4.51. The first-order valence-corrected chi connectivity index (χ1v) is 10.9. The first kappa shape index (κ1) is 20.9. The Hall–Kier alpha value is -3.33. The molecule has 0 spiro atoms. The lowest BCUT2D eigenvalue weighted by Crippen LogP contribution is -2.54. The normalized spacial score (nSPS) is 16.4. The van der Waals surface area contributed by atoms with Crippen LogP contribution in [0.4, 0.5) is 10.8 Å². The average molecular weight is 438 g/mol. The highest BCUT2D eigenvalue weighted by Crippen LogP contribution is 2.24. The van der Waals surface area contributed by atoms with Crippen LogP contribution in [0.1, 0.15) is 34.2 Å². The second-order valence-electron chi connectivity index (χ2n) is 7.76.